The number of carbonyl (C=O) groups excluding carboxylic acids is 2. The predicted molar refractivity (Wildman–Crippen MR) is 141 cm³/mol. The maximum atomic E-state index is 12.9. The third kappa shape index (κ3) is 6.63. The van der Waals surface area contributed by atoms with Gasteiger partial charge in [0.1, 0.15) is 5.00 Å². The number of hydrogen-bond acceptors (Lipinski definition) is 8. The lowest BCUT2D eigenvalue weighted by molar-refractivity contribution is -0.113. The number of anilines is 1. The molecule has 8 nitrogen and oxygen atoms in total. The van der Waals surface area contributed by atoms with Gasteiger partial charge in [-0.2, -0.15) is 0 Å². The van der Waals surface area contributed by atoms with Crippen molar-refractivity contribution in [3.8, 4) is 11.4 Å². The van der Waals surface area contributed by atoms with Crippen LogP contribution in [0.3, 0.4) is 0 Å². The highest BCUT2D eigenvalue weighted by molar-refractivity contribution is 7.99. The van der Waals surface area contributed by atoms with Gasteiger partial charge in [0.25, 0.3) is 0 Å². The Morgan fingerprint density at radius 3 is 2.69 bits per heavy atom. The fourth-order valence-corrected chi connectivity index (χ4v) is 5.67. The normalized spacial score (nSPS) is 11.0. The Labute approximate surface area is 218 Å². The van der Waals surface area contributed by atoms with E-state index >= 15 is 0 Å². The second-order valence-electron chi connectivity index (χ2n) is 7.55. The maximum Gasteiger partial charge on any atom is 0.341 e. The molecule has 1 amide bonds. The van der Waals surface area contributed by atoms with Gasteiger partial charge in [-0.25, -0.2) is 4.79 Å². The molecule has 3 rings (SSSR count). The Morgan fingerprint density at radius 1 is 1.23 bits per heavy atom. The summed E-state index contributed by atoms with van der Waals surface area (Å²) in [5, 5.41) is 13.3. The molecular weight excluding hydrogens is 508 g/mol. The first kappa shape index (κ1) is 27.2. The molecule has 0 saturated heterocycles. The molecule has 2 heterocycles. The van der Waals surface area contributed by atoms with Gasteiger partial charge in [-0.05, 0) is 44.4 Å². The number of amides is 1. The molecule has 188 valence electrons. The van der Waals surface area contributed by atoms with Crippen LogP contribution < -0.4 is 5.32 Å². The molecule has 0 saturated carbocycles. The number of thiophene rings is 1. The smallest absolute Gasteiger partial charge is 0.341 e. The lowest BCUT2D eigenvalue weighted by atomic mass is 10.1. The van der Waals surface area contributed by atoms with Crippen LogP contribution in [0.15, 0.2) is 29.4 Å². The zero-order valence-electron chi connectivity index (χ0n) is 20.2. The molecule has 0 aliphatic rings. The maximum absolute atomic E-state index is 12.9. The van der Waals surface area contributed by atoms with Gasteiger partial charge >= 0.3 is 5.97 Å². The van der Waals surface area contributed by atoms with E-state index in [4.69, 9.17) is 21.1 Å². The average Bonchev–Trinajstić information content (AvgIpc) is 3.38. The van der Waals surface area contributed by atoms with E-state index in [0.717, 1.165) is 28.8 Å². The Hall–Kier alpha value is -2.40. The minimum atomic E-state index is -0.425. The van der Waals surface area contributed by atoms with Crippen LogP contribution in [0.4, 0.5) is 5.00 Å². The summed E-state index contributed by atoms with van der Waals surface area (Å²) >= 11 is 9.08. The third-order valence-corrected chi connectivity index (χ3v) is 7.84. The lowest BCUT2D eigenvalue weighted by Gasteiger charge is -2.11. The molecule has 0 spiro atoms. The van der Waals surface area contributed by atoms with E-state index in [1.165, 1.54) is 23.1 Å². The summed E-state index contributed by atoms with van der Waals surface area (Å²) in [6.07, 6.45) is 1.52. The van der Waals surface area contributed by atoms with Crippen LogP contribution in [0.5, 0.6) is 0 Å². The molecule has 0 aliphatic heterocycles. The molecule has 2 aromatic heterocycles. The number of nitrogens with one attached hydrogen (secondary N) is 1. The number of thioether (sulfide) groups is 1. The van der Waals surface area contributed by atoms with Crippen molar-refractivity contribution < 1.29 is 19.1 Å². The number of aryl methyl sites for hydroxylation is 1. The molecule has 0 radical (unpaired) electrons. The third-order valence-electron chi connectivity index (χ3n) is 5.19. The molecule has 0 fully saturated rings. The van der Waals surface area contributed by atoms with Crippen LogP contribution in [0.25, 0.3) is 11.4 Å². The second kappa shape index (κ2) is 13.1. The Bertz CT molecular complexity index is 1180. The first-order valence-electron chi connectivity index (χ1n) is 11.3. The van der Waals surface area contributed by atoms with Gasteiger partial charge in [0, 0.05) is 30.7 Å². The summed E-state index contributed by atoms with van der Waals surface area (Å²) in [5.41, 5.74) is 2.05. The first-order valence-corrected chi connectivity index (χ1v) is 13.5. The standard InChI is InChI=1S/C24H29ClN4O4S2/c1-5-18-15(3)20(23(31)33-6-2)22(35-18)26-19(30)14-34-24-28-27-21(29(24)12-9-13-32-4)16-10-7-8-11-17(16)25/h7-8,10-11H,5-6,9,12-14H2,1-4H3,(H,26,30). The van der Waals surface area contributed by atoms with E-state index in [2.05, 4.69) is 15.5 Å². The van der Waals surface area contributed by atoms with Crippen molar-refractivity contribution in [3.05, 3.63) is 45.3 Å². The minimum absolute atomic E-state index is 0.103. The molecule has 0 unspecified atom stereocenters. The van der Waals surface area contributed by atoms with Crippen molar-refractivity contribution in [1.29, 1.82) is 0 Å². The number of nitrogens with zero attached hydrogens (tertiary/aromatic N) is 3. The summed E-state index contributed by atoms with van der Waals surface area (Å²) in [5.74, 6) is 0.0769. The number of aromatic nitrogens is 3. The monoisotopic (exact) mass is 536 g/mol. The lowest BCUT2D eigenvalue weighted by Crippen LogP contribution is -2.17. The number of halogens is 1. The molecule has 1 aromatic carbocycles. The largest absolute Gasteiger partial charge is 0.462 e. The van der Waals surface area contributed by atoms with Crippen LogP contribution in [-0.2, 0) is 27.2 Å². The second-order valence-corrected chi connectivity index (χ2v) is 10.0. The average molecular weight is 537 g/mol. The number of carbonyl (C=O) groups is 2. The summed E-state index contributed by atoms with van der Waals surface area (Å²) in [7, 11) is 1.65. The van der Waals surface area contributed by atoms with Gasteiger partial charge in [-0.1, -0.05) is 42.4 Å². The summed E-state index contributed by atoms with van der Waals surface area (Å²) in [4.78, 5) is 26.4. The number of methoxy groups -OCH3 is 1. The number of rotatable bonds is 12. The highest BCUT2D eigenvalue weighted by atomic mass is 35.5. The Kier molecular flexibility index (Phi) is 10.1. The van der Waals surface area contributed by atoms with Crippen molar-refractivity contribution >= 4 is 51.6 Å². The Morgan fingerprint density at radius 2 is 2.00 bits per heavy atom. The zero-order chi connectivity index (χ0) is 25.4. The van der Waals surface area contributed by atoms with E-state index in [0.29, 0.717) is 39.7 Å². The van der Waals surface area contributed by atoms with Crippen molar-refractivity contribution in [2.24, 2.45) is 0 Å². The first-order chi connectivity index (χ1) is 16.9. The quantitative estimate of drug-likeness (QED) is 0.186. The van der Waals surface area contributed by atoms with Gasteiger partial charge in [-0.3, -0.25) is 4.79 Å². The Balaban J connectivity index is 1.78. The van der Waals surface area contributed by atoms with Crippen LogP contribution in [0, 0.1) is 6.92 Å². The molecule has 11 heteroatoms. The fraction of sp³-hybridized carbons (Fsp3) is 0.417. The van der Waals surface area contributed by atoms with Crippen molar-refractivity contribution in [2.45, 2.75) is 45.3 Å². The van der Waals surface area contributed by atoms with Crippen molar-refractivity contribution in [1.82, 2.24) is 14.8 Å². The van der Waals surface area contributed by atoms with Gasteiger partial charge in [0.2, 0.25) is 5.91 Å². The molecule has 0 atom stereocenters. The fourth-order valence-electron chi connectivity index (χ4n) is 3.53. The number of hydrogen-bond donors (Lipinski definition) is 1. The van der Waals surface area contributed by atoms with Crippen LogP contribution >= 0.6 is 34.7 Å². The van der Waals surface area contributed by atoms with E-state index in [1.54, 1.807) is 20.1 Å². The van der Waals surface area contributed by atoms with Crippen LogP contribution in [0.1, 0.15) is 41.1 Å². The van der Waals surface area contributed by atoms with Crippen LogP contribution in [-0.4, -0.2) is 52.7 Å². The van der Waals surface area contributed by atoms with Gasteiger partial charge < -0.3 is 19.4 Å². The zero-order valence-corrected chi connectivity index (χ0v) is 22.6. The highest BCUT2D eigenvalue weighted by Gasteiger charge is 2.23. The number of esters is 1. The topological polar surface area (TPSA) is 95.3 Å². The number of ether oxygens (including phenoxy) is 2. The van der Waals surface area contributed by atoms with Crippen molar-refractivity contribution in [2.75, 3.05) is 31.4 Å². The molecule has 0 aliphatic carbocycles. The molecule has 3 aromatic rings. The minimum Gasteiger partial charge on any atom is -0.462 e. The molecule has 1 N–H and O–H groups in total. The summed E-state index contributed by atoms with van der Waals surface area (Å²) < 4.78 is 12.3. The van der Waals surface area contributed by atoms with E-state index < -0.39 is 5.97 Å². The molecular formula is C24H29ClN4O4S2. The molecule has 35 heavy (non-hydrogen) atoms. The van der Waals surface area contributed by atoms with Gasteiger partial charge in [0.05, 0.1) is 22.9 Å². The van der Waals surface area contributed by atoms with E-state index in [-0.39, 0.29) is 18.3 Å². The number of benzene rings is 1. The SMILES string of the molecule is CCOC(=O)c1c(NC(=O)CSc2nnc(-c3ccccc3Cl)n2CCCOC)sc(CC)c1C. The summed E-state index contributed by atoms with van der Waals surface area (Å²) in [6.45, 7) is 7.12. The molecule has 0 bridgehead atoms. The summed E-state index contributed by atoms with van der Waals surface area (Å²) in [6, 6.07) is 7.45. The van der Waals surface area contributed by atoms with Gasteiger partial charge in [0.15, 0.2) is 11.0 Å². The predicted octanol–water partition coefficient (Wildman–Crippen LogP) is 5.47. The van der Waals surface area contributed by atoms with Gasteiger partial charge in [-0.15, -0.1) is 21.5 Å². The van der Waals surface area contributed by atoms with Crippen LogP contribution in [0.2, 0.25) is 5.02 Å². The highest BCUT2D eigenvalue weighted by Crippen LogP contribution is 2.34. The van der Waals surface area contributed by atoms with E-state index in [1.807, 2.05) is 36.6 Å². The van der Waals surface area contributed by atoms with Crippen molar-refractivity contribution in [3.63, 3.8) is 0 Å². The van der Waals surface area contributed by atoms with E-state index in [9.17, 15) is 9.59 Å².